The number of likely N-dealkylation sites (tertiary alicyclic amines) is 1. The Labute approximate surface area is 182 Å². The molecule has 2 aliphatic rings. The topological polar surface area (TPSA) is 87.5 Å². The van der Waals surface area contributed by atoms with Crippen LogP contribution in [0.3, 0.4) is 0 Å². The highest BCUT2D eigenvalue weighted by atomic mass is 32.2. The van der Waals surface area contributed by atoms with Crippen molar-refractivity contribution in [3.05, 3.63) is 30.6 Å². The van der Waals surface area contributed by atoms with E-state index in [1.54, 1.807) is 0 Å². The molecule has 8 heteroatoms. The van der Waals surface area contributed by atoms with Gasteiger partial charge in [-0.3, -0.25) is 14.5 Å². The number of imidazole rings is 1. The number of nitrogens with one attached hydrogen (secondary N) is 1. The fraction of sp³-hybridized carbons (Fsp3) is 0.591. The number of piperidine rings is 1. The van der Waals surface area contributed by atoms with Crippen LogP contribution in [0.2, 0.25) is 0 Å². The van der Waals surface area contributed by atoms with Crippen molar-refractivity contribution in [3.63, 3.8) is 0 Å². The molecule has 0 bridgehead atoms. The van der Waals surface area contributed by atoms with Gasteiger partial charge >= 0.3 is 0 Å². The van der Waals surface area contributed by atoms with Crippen LogP contribution >= 0.6 is 11.8 Å². The van der Waals surface area contributed by atoms with Crippen molar-refractivity contribution in [2.45, 2.75) is 44.7 Å². The lowest BCUT2D eigenvalue weighted by Crippen LogP contribution is -2.46. The van der Waals surface area contributed by atoms with Crippen molar-refractivity contribution in [1.82, 2.24) is 19.8 Å². The molecule has 0 radical (unpaired) electrons. The first-order chi connectivity index (χ1) is 14.7. The Bertz CT molecular complexity index is 807. The molecule has 0 saturated carbocycles. The predicted molar refractivity (Wildman–Crippen MR) is 121 cm³/mol. The lowest BCUT2D eigenvalue weighted by molar-refractivity contribution is -0.123. The number of carbonyl (C=O) groups is 2. The number of carbonyl (C=O) groups excluding carboxylic acids is 1. The van der Waals surface area contributed by atoms with Gasteiger partial charge in [0, 0.05) is 32.1 Å². The standard InChI is InChI=1S/C21H30N4OS.CH2O2/c26-21(7-11-25-16-23-19-5-1-2-6-20(19)25)22-14-17-4-3-10-24(15-17)18-8-12-27-13-9-18;2-1-3/h1-2,5-6,16-18H,3-4,7-15H2,(H,22,26);1H,(H,2,3). The molecule has 1 aromatic heterocycles. The molecular weight excluding hydrogens is 400 g/mol. The molecule has 2 aliphatic heterocycles. The van der Waals surface area contributed by atoms with Crippen molar-refractivity contribution < 1.29 is 14.7 Å². The Balaban J connectivity index is 0.000000806. The maximum Gasteiger partial charge on any atom is 0.290 e. The summed E-state index contributed by atoms with van der Waals surface area (Å²) < 4.78 is 2.07. The van der Waals surface area contributed by atoms with Crippen LogP contribution in [0.15, 0.2) is 30.6 Å². The molecule has 1 atom stereocenters. The summed E-state index contributed by atoms with van der Waals surface area (Å²) in [5, 5.41) is 10.1. The third-order valence-corrected chi connectivity index (χ3v) is 7.00. The smallest absolute Gasteiger partial charge is 0.290 e. The third-order valence-electron chi connectivity index (χ3n) is 5.95. The van der Waals surface area contributed by atoms with Crippen LogP contribution in [0.1, 0.15) is 32.1 Å². The quantitative estimate of drug-likeness (QED) is 0.683. The molecule has 7 nitrogen and oxygen atoms in total. The van der Waals surface area contributed by atoms with Crippen molar-refractivity contribution in [3.8, 4) is 0 Å². The minimum atomic E-state index is -0.250. The minimum Gasteiger partial charge on any atom is -0.483 e. The second-order valence-corrected chi connectivity index (χ2v) is 9.16. The third kappa shape index (κ3) is 6.47. The summed E-state index contributed by atoms with van der Waals surface area (Å²) in [6.45, 7) is 3.65. The van der Waals surface area contributed by atoms with E-state index in [2.05, 4.69) is 37.6 Å². The summed E-state index contributed by atoms with van der Waals surface area (Å²) in [4.78, 5) is 27.8. The van der Waals surface area contributed by atoms with Crippen molar-refractivity contribution in [1.29, 1.82) is 0 Å². The van der Waals surface area contributed by atoms with Gasteiger partial charge in [0.05, 0.1) is 17.4 Å². The van der Waals surface area contributed by atoms with Crippen molar-refractivity contribution in [2.75, 3.05) is 31.1 Å². The molecule has 4 rings (SSSR count). The van der Waals surface area contributed by atoms with E-state index in [9.17, 15) is 4.79 Å². The van der Waals surface area contributed by atoms with Gasteiger partial charge in [0.1, 0.15) is 0 Å². The number of hydrogen-bond acceptors (Lipinski definition) is 5. The van der Waals surface area contributed by atoms with E-state index in [4.69, 9.17) is 9.90 Å². The van der Waals surface area contributed by atoms with E-state index in [1.165, 1.54) is 43.7 Å². The Morgan fingerprint density at radius 2 is 2.03 bits per heavy atom. The zero-order valence-corrected chi connectivity index (χ0v) is 18.2. The monoisotopic (exact) mass is 432 g/mol. The van der Waals surface area contributed by atoms with E-state index in [-0.39, 0.29) is 12.4 Å². The van der Waals surface area contributed by atoms with Crippen LogP contribution in [0.5, 0.6) is 0 Å². The maximum atomic E-state index is 12.3. The molecular formula is C22H32N4O3S. The fourth-order valence-electron chi connectivity index (χ4n) is 4.40. The number of aromatic nitrogens is 2. The number of amides is 1. The van der Waals surface area contributed by atoms with Gasteiger partial charge in [0.25, 0.3) is 6.47 Å². The highest BCUT2D eigenvalue weighted by Crippen LogP contribution is 2.26. The number of nitrogens with zero attached hydrogens (tertiary/aromatic N) is 3. The fourth-order valence-corrected chi connectivity index (χ4v) is 5.48. The van der Waals surface area contributed by atoms with E-state index in [1.807, 2.05) is 24.5 Å². The van der Waals surface area contributed by atoms with Gasteiger partial charge in [-0.15, -0.1) is 0 Å². The molecule has 1 amide bonds. The van der Waals surface area contributed by atoms with Gasteiger partial charge in [-0.1, -0.05) is 12.1 Å². The van der Waals surface area contributed by atoms with Gasteiger partial charge in [-0.25, -0.2) is 4.98 Å². The molecule has 30 heavy (non-hydrogen) atoms. The Kier molecular flexibility index (Phi) is 9.01. The molecule has 164 valence electrons. The first-order valence-corrected chi connectivity index (χ1v) is 11.9. The van der Waals surface area contributed by atoms with Gasteiger partial charge in [-0.05, 0) is 61.8 Å². The second kappa shape index (κ2) is 12.0. The van der Waals surface area contributed by atoms with Crippen molar-refractivity contribution >= 4 is 35.2 Å². The normalized spacial score (nSPS) is 20.3. The van der Waals surface area contributed by atoms with Gasteiger partial charge in [0.15, 0.2) is 0 Å². The number of benzene rings is 1. The van der Waals surface area contributed by atoms with E-state index >= 15 is 0 Å². The first kappa shape index (κ1) is 22.6. The summed E-state index contributed by atoms with van der Waals surface area (Å²) >= 11 is 2.09. The molecule has 2 fully saturated rings. The average Bonchev–Trinajstić information content (AvgIpc) is 3.21. The highest BCUT2D eigenvalue weighted by molar-refractivity contribution is 7.99. The van der Waals surface area contributed by atoms with E-state index in [0.29, 0.717) is 18.9 Å². The highest BCUT2D eigenvalue weighted by Gasteiger charge is 2.27. The summed E-state index contributed by atoms with van der Waals surface area (Å²) in [7, 11) is 0. The van der Waals surface area contributed by atoms with E-state index < -0.39 is 0 Å². The summed E-state index contributed by atoms with van der Waals surface area (Å²) in [5.74, 6) is 3.38. The number of thioether (sulfide) groups is 1. The van der Waals surface area contributed by atoms with E-state index in [0.717, 1.165) is 30.2 Å². The first-order valence-electron chi connectivity index (χ1n) is 10.8. The lowest BCUT2D eigenvalue weighted by Gasteiger charge is -2.40. The maximum absolute atomic E-state index is 12.3. The van der Waals surface area contributed by atoms with Crippen LogP contribution in [-0.4, -0.2) is 69.1 Å². The predicted octanol–water partition coefficient (Wildman–Crippen LogP) is 2.85. The molecule has 0 spiro atoms. The summed E-state index contributed by atoms with van der Waals surface area (Å²) in [6.07, 6.45) is 7.52. The number of aryl methyl sites for hydroxylation is 1. The van der Waals surface area contributed by atoms with Crippen LogP contribution in [0.25, 0.3) is 11.0 Å². The van der Waals surface area contributed by atoms with Gasteiger partial charge in [-0.2, -0.15) is 11.8 Å². The Morgan fingerprint density at radius 3 is 2.83 bits per heavy atom. The Morgan fingerprint density at radius 1 is 1.27 bits per heavy atom. The number of para-hydroxylation sites is 2. The molecule has 0 aliphatic carbocycles. The molecule has 2 N–H and O–H groups in total. The molecule has 2 saturated heterocycles. The second-order valence-electron chi connectivity index (χ2n) is 7.93. The van der Waals surface area contributed by atoms with Crippen LogP contribution < -0.4 is 5.32 Å². The number of hydrogen-bond donors (Lipinski definition) is 2. The molecule has 1 unspecified atom stereocenters. The molecule has 2 aromatic rings. The molecule has 3 heterocycles. The minimum absolute atomic E-state index is 0.152. The zero-order chi connectivity index (χ0) is 21.2. The molecule has 1 aromatic carbocycles. The number of rotatable bonds is 6. The summed E-state index contributed by atoms with van der Waals surface area (Å²) in [5.41, 5.74) is 2.08. The zero-order valence-electron chi connectivity index (χ0n) is 17.4. The lowest BCUT2D eigenvalue weighted by atomic mass is 9.95. The van der Waals surface area contributed by atoms with Gasteiger partial charge < -0.3 is 15.0 Å². The summed E-state index contributed by atoms with van der Waals surface area (Å²) in [6, 6.07) is 8.85. The van der Waals surface area contributed by atoms with Crippen LogP contribution in [-0.2, 0) is 16.1 Å². The van der Waals surface area contributed by atoms with Gasteiger partial charge in [0.2, 0.25) is 5.91 Å². The average molecular weight is 433 g/mol. The number of fused-ring (bicyclic) bond motifs is 1. The largest absolute Gasteiger partial charge is 0.483 e. The van der Waals surface area contributed by atoms with Crippen LogP contribution in [0, 0.1) is 5.92 Å². The van der Waals surface area contributed by atoms with Crippen LogP contribution in [0.4, 0.5) is 0 Å². The number of carboxylic acid groups (broad SMARTS) is 1. The van der Waals surface area contributed by atoms with Crippen molar-refractivity contribution in [2.24, 2.45) is 5.92 Å². The SMILES string of the molecule is O=C(CCn1cnc2ccccc21)NCC1CCCN(C2CCSCC2)C1.O=CO. The Hall–Kier alpha value is -2.06.